The summed E-state index contributed by atoms with van der Waals surface area (Å²) < 4.78 is 24.8. The predicted molar refractivity (Wildman–Crippen MR) is 141 cm³/mol. The van der Waals surface area contributed by atoms with Crippen molar-refractivity contribution < 1.29 is 23.8 Å². The summed E-state index contributed by atoms with van der Waals surface area (Å²) in [6.45, 7) is 4.57. The third-order valence-electron chi connectivity index (χ3n) is 8.03. The quantitative estimate of drug-likeness (QED) is 0.499. The molecule has 2 aliphatic rings. The van der Waals surface area contributed by atoms with E-state index in [0.29, 0.717) is 19.3 Å². The molecule has 3 unspecified atom stereocenters. The summed E-state index contributed by atoms with van der Waals surface area (Å²) in [5.41, 5.74) is 0.0554. The number of rotatable bonds is 6. The molecular formula is C30H35FN2O4. The van der Waals surface area contributed by atoms with Crippen LogP contribution in [-0.4, -0.2) is 73.9 Å². The highest BCUT2D eigenvalue weighted by Gasteiger charge is 2.45. The number of hydrogen-bond donors (Lipinski definition) is 1. The monoisotopic (exact) mass is 506 g/mol. The van der Waals surface area contributed by atoms with Crippen LogP contribution in [0.15, 0.2) is 60.7 Å². The van der Waals surface area contributed by atoms with Crippen LogP contribution in [0.25, 0.3) is 10.8 Å². The number of aliphatic hydroxyl groups is 1. The number of fused-ring (bicyclic) bond motifs is 1. The number of halogens is 1. The first kappa shape index (κ1) is 25.6. The largest absolute Gasteiger partial charge is 0.497 e. The fourth-order valence-electron chi connectivity index (χ4n) is 5.73. The number of nitrogens with zero attached hydrogens (tertiary/aromatic N) is 2. The van der Waals surface area contributed by atoms with E-state index in [9.17, 15) is 14.3 Å². The lowest BCUT2D eigenvalue weighted by atomic mass is 9.70. The van der Waals surface area contributed by atoms with E-state index >= 15 is 0 Å². The Morgan fingerprint density at radius 2 is 1.81 bits per heavy atom. The van der Waals surface area contributed by atoms with Crippen molar-refractivity contribution in [2.45, 2.75) is 31.0 Å². The standard InChI is InChI=1S/C30H35FN2O4/c1-32-12-14-33(15-13-32)20-25-19-28(37-29(34)23-4-3-5-26(31)17-23)10-11-30(25,35)24-8-6-22-18-27(36-2)9-7-21(22)16-24/h3-9,16-18,25,28,35H,10-15,19-20H2,1-2H3. The molecule has 5 rings (SSSR count). The van der Waals surface area contributed by atoms with Crippen molar-refractivity contribution >= 4 is 16.7 Å². The second-order valence-corrected chi connectivity index (χ2v) is 10.5. The number of likely N-dealkylation sites (N-methyl/N-ethyl adjacent to an activating group) is 1. The van der Waals surface area contributed by atoms with Gasteiger partial charge in [0.2, 0.25) is 0 Å². The van der Waals surface area contributed by atoms with Crippen LogP contribution in [0.1, 0.15) is 35.2 Å². The molecule has 37 heavy (non-hydrogen) atoms. The number of hydrogen-bond acceptors (Lipinski definition) is 6. The van der Waals surface area contributed by atoms with Crippen LogP contribution in [0.2, 0.25) is 0 Å². The van der Waals surface area contributed by atoms with Gasteiger partial charge in [0.25, 0.3) is 0 Å². The SMILES string of the molecule is COc1ccc2cc(C3(O)CCC(OC(=O)c4cccc(F)c4)CC3CN3CCN(C)CC3)ccc2c1. The van der Waals surface area contributed by atoms with Gasteiger partial charge in [0.05, 0.1) is 18.3 Å². The Kier molecular flexibility index (Phi) is 7.47. The fourth-order valence-corrected chi connectivity index (χ4v) is 5.73. The molecule has 0 amide bonds. The Balaban J connectivity index is 1.39. The van der Waals surface area contributed by atoms with Crippen LogP contribution in [-0.2, 0) is 10.3 Å². The highest BCUT2D eigenvalue weighted by Crippen LogP contribution is 2.44. The topological polar surface area (TPSA) is 62.2 Å². The van der Waals surface area contributed by atoms with Gasteiger partial charge >= 0.3 is 5.97 Å². The molecule has 3 aromatic carbocycles. The van der Waals surface area contributed by atoms with Crippen LogP contribution in [0.3, 0.4) is 0 Å². The number of piperazine rings is 1. The van der Waals surface area contributed by atoms with E-state index in [2.05, 4.69) is 22.9 Å². The van der Waals surface area contributed by atoms with Crippen molar-refractivity contribution in [2.24, 2.45) is 5.92 Å². The lowest BCUT2D eigenvalue weighted by Gasteiger charge is -2.46. The molecular weight excluding hydrogens is 471 g/mol. The summed E-state index contributed by atoms with van der Waals surface area (Å²) >= 11 is 0. The maximum absolute atomic E-state index is 13.6. The normalized spacial score (nSPS) is 25.2. The van der Waals surface area contributed by atoms with Crippen molar-refractivity contribution in [1.29, 1.82) is 0 Å². The average molecular weight is 507 g/mol. The Bertz CT molecular complexity index is 1260. The first-order valence-electron chi connectivity index (χ1n) is 13.0. The van der Waals surface area contributed by atoms with E-state index in [1.165, 1.54) is 18.2 Å². The summed E-state index contributed by atoms with van der Waals surface area (Å²) in [6, 6.07) is 17.7. The second-order valence-electron chi connectivity index (χ2n) is 10.5. The third-order valence-corrected chi connectivity index (χ3v) is 8.03. The van der Waals surface area contributed by atoms with Gasteiger partial charge < -0.3 is 24.4 Å². The molecule has 3 atom stereocenters. The molecule has 1 saturated heterocycles. The molecule has 196 valence electrons. The predicted octanol–water partition coefficient (Wildman–Crippen LogP) is 4.45. The number of methoxy groups -OCH3 is 1. The van der Waals surface area contributed by atoms with Gasteiger partial charge in [-0.05, 0) is 79.0 Å². The summed E-state index contributed by atoms with van der Waals surface area (Å²) in [5, 5.41) is 14.3. The number of benzene rings is 3. The molecule has 0 spiro atoms. The van der Waals surface area contributed by atoms with Crippen molar-refractivity contribution in [2.75, 3.05) is 46.9 Å². The number of carbonyl (C=O) groups is 1. The Morgan fingerprint density at radius 3 is 2.57 bits per heavy atom. The van der Waals surface area contributed by atoms with Crippen LogP contribution in [0, 0.1) is 11.7 Å². The molecule has 3 aromatic rings. The summed E-state index contributed by atoms with van der Waals surface area (Å²) in [6.07, 6.45) is 1.23. The first-order valence-corrected chi connectivity index (χ1v) is 13.0. The van der Waals surface area contributed by atoms with E-state index < -0.39 is 17.4 Å². The smallest absolute Gasteiger partial charge is 0.338 e. The Hall–Kier alpha value is -3.00. The maximum atomic E-state index is 13.6. The van der Waals surface area contributed by atoms with E-state index in [0.717, 1.165) is 54.8 Å². The van der Waals surface area contributed by atoms with Crippen LogP contribution < -0.4 is 4.74 Å². The van der Waals surface area contributed by atoms with Crippen molar-refractivity contribution in [3.8, 4) is 5.75 Å². The highest BCUT2D eigenvalue weighted by atomic mass is 19.1. The van der Waals surface area contributed by atoms with E-state index in [4.69, 9.17) is 9.47 Å². The molecule has 1 heterocycles. The van der Waals surface area contributed by atoms with Crippen molar-refractivity contribution in [3.05, 3.63) is 77.6 Å². The van der Waals surface area contributed by atoms with Gasteiger partial charge in [0, 0.05) is 38.6 Å². The highest BCUT2D eigenvalue weighted by molar-refractivity contribution is 5.89. The maximum Gasteiger partial charge on any atom is 0.338 e. The lowest BCUT2D eigenvalue weighted by Crippen LogP contribution is -2.52. The first-order chi connectivity index (χ1) is 17.8. The van der Waals surface area contributed by atoms with Gasteiger partial charge in [-0.25, -0.2) is 9.18 Å². The molecule has 1 saturated carbocycles. The van der Waals surface area contributed by atoms with Gasteiger partial charge in [-0.2, -0.15) is 0 Å². The van der Waals surface area contributed by atoms with E-state index in [1.54, 1.807) is 13.2 Å². The third kappa shape index (κ3) is 5.64. The Labute approximate surface area is 217 Å². The minimum Gasteiger partial charge on any atom is -0.497 e. The van der Waals surface area contributed by atoms with Crippen molar-refractivity contribution in [1.82, 2.24) is 9.80 Å². The van der Waals surface area contributed by atoms with Gasteiger partial charge in [-0.15, -0.1) is 0 Å². The molecule has 0 bridgehead atoms. The molecule has 2 fully saturated rings. The van der Waals surface area contributed by atoms with E-state index in [-0.39, 0.29) is 17.6 Å². The number of ether oxygens (including phenoxy) is 2. The van der Waals surface area contributed by atoms with Gasteiger partial charge in [0.1, 0.15) is 17.7 Å². The second kappa shape index (κ2) is 10.8. The zero-order chi connectivity index (χ0) is 26.0. The van der Waals surface area contributed by atoms with Crippen LogP contribution in [0.5, 0.6) is 5.75 Å². The zero-order valence-corrected chi connectivity index (χ0v) is 21.5. The van der Waals surface area contributed by atoms with Gasteiger partial charge in [0.15, 0.2) is 0 Å². The van der Waals surface area contributed by atoms with Gasteiger partial charge in [-0.3, -0.25) is 0 Å². The molecule has 7 heteroatoms. The minimum absolute atomic E-state index is 0.120. The summed E-state index contributed by atoms with van der Waals surface area (Å²) in [7, 11) is 3.78. The van der Waals surface area contributed by atoms with Crippen molar-refractivity contribution in [3.63, 3.8) is 0 Å². The average Bonchev–Trinajstić information content (AvgIpc) is 2.91. The molecule has 1 aliphatic carbocycles. The minimum atomic E-state index is -1.04. The fraction of sp³-hybridized carbons (Fsp3) is 0.433. The summed E-state index contributed by atoms with van der Waals surface area (Å²) in [5.74, 6) is -0.305. The van der Waals surface area contributed by atoms with Gasteiger partial charge in [-0.1, -0.05) is 24.3 Å². The molecule has 1 aliphatic heterocycles. The zero-order valence-electron chi connectivity index (χ0n) is 21.5. The summed E-state index contributed by atoms with van der Waals surface area (Å²) in [4.78, 5) is 17.5. The molecule has 0 aromatic heterocycles. The van der Waals surface area contributed by atoms with Crippen LogP contribution in [0.4, 0.5) is 4.39 Å². The lowest BCUT2D eigenvalue weighted by molar-refractivity contribution is -0.100. The number of carbonyl (C=O) groups excluding carboxylic acids is 1. The van der Waals surface area contributed by atoms with E-state index in [1.807, 2.05) is 30.3 Å². The molecule has 6 nitrogen and oxygen atoms in total. The molecule has 0 radical (unpaired) electrons. The number of esters is 1. The van der Waals surface area contributed by atoms with Crippen LogP contribution >= 0.6 is 0 Å². The Morgan fingerprint density at radius 1 is 1.05 bits per heavy atom. The molecule has 1 N–H and O–H groups in total.